The fourth-order valence-corrected chi connectivity index (χ4v) is 1.81. The first-order valence-electron chi connectivity index (χ1n) is 6.32. The second kappa shape index (κ2) is 5.42. The lowest BCUT2D eigenvalue weighted by Crippen LogP contribution is -2.27. The number of nitrogens with one attached hydrogen (secondary N) is 1. The van der Waals surface area contributed by atoms with Gasteiger partial charge in [0, 0.05) is 18.3 Å². The van der Waals surface area contributed by atoms with Gasteiger partial charge in [-0.25, -0.2) is 4.98 Å². The average Bonchev–Trinajstić information content (AvgIpc) is 2.73. The molecule has 0 aliphatic carbocycles. The minimum atomic E-state index is -1.02. The van der Waals surface area contributed by atoms with Gasteiger partial charge in [-0.3, -0.25) is 9.48 Å². The Kier molecular flexibility index (Phi) is 3.85. The van der Waals surface area contributed by atoms with Crippen molar-refractivity contribution in [2.75, 3.05) is 5.32 Å². The second-order valence-electron chi connectivity index (χ2n) is 5.36. The predicted octanol–water partition coefficient (Wildman–Crippen LogP) is 1.58. The molecule has 2 rings (SSSR count). The topological polar surface area (TPSA) is 80.0 Å². The van der Waals surface area contributed by atoms with Crippen LogP contribution in [-0.2, 0) is 11.8 Å². The molecule has 0 aliphatic heterocycles. The van der Waals surface area contributed by atoms with Crippen LogP contribution >= 0.6 is 0 Å². The van der Waals surface area contributed by atoms with Gasteiger partial charge in [0.15, 0.2) is 5.82 Å². The van der Waals surface area contributed by atoms with Crippen LogP contribution in [0.2, 0.25) is 0 Å². The van der Waals surface area contributed by atoms with Gasteiger partial charge in [-0.2, -0.15) is 5.10 Å². The van der Waals surface area contributed by atoms with Crippen molar-refractivity contribution >= 4 is 11.6 Å². The van der Waals surface area contributed by atoms with Gasteiger partial charge in [-0.05, 0) is 26.0 Å². The van der Waals surface area contributed by atoms with E-state index in [0.29, 0.717) is 11.5 Å². The summed E-state index contributed by atoms with van der Waals surface area (Å²) < 4.78 is 1.62. The Morgan fingerprint density at radius 1 is 1.45 bits per heavy atom. The van der Waals surface area contributed by atoms with E-state index in [9.17, 15) is 9.90 Å². The first kappa shape index (κ1) is 14.2. The number of hydrogen-bond acceptors (Lipinski definition) is 4. The number of hydrogen-bond donors (Lipinski definition) is 2. The third-order valence-electron chi connectivity index (χ3n) is 2.60. The van der Waals surface area contributed by atoms with Crippen molar-refractivity contribution in [1.29, 1.82) is 0 Å². The number of carbonyl (C=O) groups is 1. The summed E-state index contributed by atoms with van der Waals surface area (Å²) in [5.74, 6) is 0.370. The Morgan fingerprint density at radius 2 is 2.20 bits per heavy atom. The van der Waals surface area contributed by atoms with E-state index < -0.39 is 5.60 Å². The Bertz CT molecular complexity index is 614. The quantitative estimate of drug-likeness (QED) is 0.887. The molecule has 6 nitrogen and oxygen atoms in total. The van der Waals surface area contributed by atoms with E-state index in [2.05, 4.69) is 15.4 Å². The molecule has 1 aromatic heterocycles. The van der Waals surface area contributed by atoms with Gasteiger partial charge in [0.2, 0.25) is 5.91 Å². The molecule has 0 saturated carbocycles. The number of aliphatic hydroxyl groups is 1. The molecule has 0 fully saturated rings. The van der Waals surface area contributed by atoms with Crippen LogP contribution in [0.1, 0.15) is 20.3 Å². The Balaban J connectivity index is 2.12. The van der Waals surface area contributed by atoms with Crippen molar-refractivity contribution in [3.8, 4) is 11.4 Å². The van der Waals surface area contributed by atoms with E-state index in [4.69, 9.17) is 0 Å². The molecule has 1 amide bonds. The highest BCUT2D eigenvalue weighted by atomic mass is 16.3. The summed E-state index contributed by atoms with van der Waals surface area (Å²) in [6, 6.07) is 7.29. The van der Waals surface area contributed by atoms with Crippen LogP contribution in [0.15, 0.2) is 30.6 Å². The summed E-state index contributed by atoms with van der Waals surface area (Å²) in [6.45, 7) is 3.20. The zero-order chi connectivity index (χ0) is 14.8. The zero-order valence-electron chi connectivity index (χ0n) is 11.8. The van der Waals surface area contributed by atoms with E-state index in [0.717, 1.165) is 5.56 Å². The number of benzene rings is 1. The molecule has 6 heteroatoms. The molecule has 0 aliphatic rings. The highest BCUT2D eigenvalue weighted by Crippen LogP contribution is 2.19. The predicted molar refractivity (Wildman–Crippen MR) is 76.0 cm³/mol. The molecule has 2 aromatic rings. The molecule has 0 unspecified atom stereocenters. The monoisotopic (exact) mass is 274 g/mol. The van der Waals surface area contributed by atoms with Crippen LogP contribution < -0.4 is 5.32 Å². The van der Waals surface area contributed by atoms with Crippen LogP contribution in [0.25, 0.3) is 11.4 Å². The molecule has 0 bridgehead atoms. The van der Waals surface area contributed by atoms with Gasteiger partial charge in [0.1, 0.15) is 6.33 Å². The maximum atomic E-state index is 11.8. The van der Waals surface area contributed by atoms with Crippen molar-refractivity contribution in [3.63, 3.8) is 0 Å². The summed E-state index contributed by atoms with van der Waals surface area (Å²) in [4.78, 5) is 15.9. The standard InChI is InChI=1S/C14H18N4O2/c1-14(2,20)8-12(19)16-11-6-4-5-10(7-11)13-15-9-18(3)17-13/h4-7,9,20H,8H2,1-3H3,(H,16,19). The van der Waals surface area contributed by atoms with Crippen molar-refractivity contribution in [2.45, 2.75) is 25.9 Å². The summed E-state index contributed by atoms with van der Waals surface area (Å²) >= 11 is 0. The molecule has 0 radical (unpaired) electrons. The highest BCUT2D eigenvalue weighted by Gasteiger charge is 2.18. The summed E-state index contributed by atoms with van der Waals surface area (Å²) in [5, 5.41) is 16.6. The number of rotatable bonds is 4. The van der Waals surface area contributed by atoms with Crippen LogP contribution in [0.4, 0.5) is 5.69 Å². The summed E-state index contributed by atoms with van der Waals surface area (Å²) in [6.07, 6.45) is 1.66. The Hall–Kier alpha value is -2.21. The smallest absolute Gasteiger partial charge is 0.227 e. The maximum absolute atomic E-state index is 11.8. The summed E-state index contributed by atoms with van der Waals surface area (Å²) in [5.41, 5.74) is 0.459. The SMILES string of the molecule is Cn1cnc(-c2cccc(NC(=O)CC(C)(C)O)c2)n1. The third-order valence-corrected chi connectivity index (χ3v) is 2.60. The molecular weight excluding hydrogens is 256 g/mol. The van der Waals surface area contributed by atoms with E-state index >= 15 is 0 Å². The van der Waals surface area contributed by atoms with Gasteiger partial charge in [0.25, 0.3) is 0 Å². The molecule has 1 heterocycles. The largest absolute Gasteiger partial charge is 0.390 e. The third kappa shape index (κ3) is 3.89. The van der Waals surface area contributed by atoms with Crippen LogP contribution in [0.5, 0.6) is 0 Å². The molecule has 0 saturated heterocycles. The Labute approximate surface area is 117 Å². The normalized spacial score (nSPS) is 11.4. The molecule has 106 valence electrons. The molecule has 1 aromatic carbocycles. The van der Waals surface area contributed by atoms with Crippen LogP contribution in [0, 0.1) is 0 Å². The van der Waals surface area contributed by atoms with Crippen molar-refractivity contribution in [1.82, 2.24) is 14.8 Å². The summed E-state index contributed by atoms with van der Waals surface area (Å²) in [7, 11) is 1.80. The molecular formula is C14H18N4O2. The fraction of sp³-hybridized carbons (Fsp3) is 0.357. The average molecular weight is 274 g/mol. The lowest BCUT2D eigenvalue weighted by atomic mass is 10.1. The van der Waals surface area contributed by atoms with E-state index in [-0.39, 0.29) is 12.3 Å². The van der Waals surface area contributed by atoms with E-state index in [1.807, 2.05) is 12.1 Å². The zero-order valence-corrected chi connectivity index (χ0v) is 11.8. The lowest BCUT2D eigenvalue weighted by Gasteiger charge is -2.16. The number of nitrogens with zero attached hydrogens (tertiary/aromatic N) is 3. The Morgan fingerprint density at radius 3 is 2.80 bits per heavy atom. The van der Waals surface area contributed by atoms with Crippen molar-refractivity contribution in [3.05, 3.63) is 30.6 Å². The number of aromatic nitrogens is 3. The number of amides is 1. The number of anilines is 1. The molecule has 0 spiro atoms. The van der Waals surface area contributed by atoms with Crippen molar-refractivity contribution in [2.24, 2.45) is 7.05 Å². The minimum Gasteiger partial charge on any atom is -0.390 e. The maximum Gasteiger partial charge on any atom is 0.227 e. The lowest BCUT2D eigenvalue weighted by molar-refractivity contribution is -0.119. The fourth-order valence-electron chi connectivity index (χ4n) is 1.81. The van der Waals surface area contributed by atoms with Crippen LogP contribution in [0.3, 0.4) is 0 Å². The van der Waals surface area contributed by atoms with E-state index in [1.165, 1.54) is 0 Å². The van der Waals surface area contributed by atoms with Gasteiger partial charge in [-0.1, -0.05) is 12.1 Å². The van der Waals surface area contributed by atoms with Crippen molar-refractivity contribution < 1.29 is 9.90 Å². The number of aryl methyl sites for hydroxylation is 1. The minimum absolute atomic E-state index is 0.0407. The van der Waals surface area contributed by atoms with Gasteiger partial charge in [0.05, 0.1) is 12.0 Å². The van der Waals surface area contributed by atoms with Gasteiger partial charge >= 0.3 is 0 Å². The number of carbonyl (C=O) groups excluding carboxylic acids is 1. The first-order chi connectivity index (χ1) is 9.33. The first-order valence-corrected chi connectivity index (χ1v) is 6.32. The highest BCUT2D eigenvalue weighted by molar-refractivity contribution is 5.91. The molecule has 2 N–H and O–H groups in total. The van der Waals surface area contributed by atoms with Gasteiger partial charge in [-0.15, -0.1) is 0 Å². The molecule has 0 atom stereocenters. The second-order valence-corrected chi connectivity index (χ2v) is 5.36. The van der Waals surface area contributed by atoms with Gasteiger partial charge < -0.3 is 10.4 Å². The van der Waals surface area contributed by atoms with E-state index in [1.54, 1.807) is 44.0 Å². The molecule has 20 heavy (non-hydrogen) atoms. The van der Waals surface area contributed by atoms with Crippen LogP contribution in [-0.4, -0.2) is 31.4 Å².